The zero-order valence-corrected chi connectivity index (χ0v) is 55.6. The van der Waals surface area contributed by atoms with E-state index in [2.05, 4.69) is 231 Å². The number of nitrogens with one attached hydrogen (secondary N) is 6. The maximum atomic E-state index is 4.18. The Morgan fingerprint density at radius 1 is 0.440 bits per heavy atom. The van der Waals surface area contributed by atoms with E-state index in [4.69, 9.17) is 0 Å². The van der Waals surface area contributed by atoms with Gasteiger partial charge in [-0.25, -0.2) is 34.9 Å². The fourth-order valence-electron chi connectivity index (χ4n) is 7.05. The second-order valence-corrected chi connectivity index (χ2v) is 23.3. The van der Waals surface area contributed by atoms with E-state index in [9.17, 15) is 0 Å². The molecule has 0 radical (unpaired) electrons. The Morgan fingerprint density at radius 2 is 1.05 bits per heavy atom. The molecule has 464 valence electrons. The molecule has 0 aliphatic carbocycles. The lowest BCUT2D eigenvalue weighted by Gasteiger charge is -2.03. The second-order valence-electron chi connectivity index (χ2n) is 23.3. The van der Waals surface area contributed by atoms with Crippen LogP contribution in [0.5, 0.6) is 0 Å². The molecule has 0 fully saturated rings. The molecule has 10 aromatic heterocycles. The van der Waals surface area contributed by atoms with Crippen LogP contribution in [-0.2, 0) is 28.2 Å². The van der Waals surface area contributed by atoms with Crippen LogP contribution in [0.15, 0.2) is 124 Å². The predicted molar refractivity (Wildman–Crippen MR) is 345 cm³/mol. The first-order chi connectivity index (χ1) is 39.7. The first kappa shape index (κ1) is 74.1. The van der Waals surface area contributed by atoms with Crippen LogP contribution in [0.4, 0.5) is 0 Å². The summed E-state index contributed by atoms with van der Waals surface area (Å²) in [4.78, 5) is 43.4. The highest BCUT2D eigenvalue weighted by Gasteiger charge is 2.05. The summed E-state index contributed by atoms with van der Waals surface area (Å²) in [5.41, 5.74) is 7.54. The molecule has 0 bridgehead atoms. The minimum atomic E-state index is 0.456. The molecule has 84 heavy (non-hydrogen) atoms. The lowest BCUT2D eigenvalue weighted by molar-refractivity contribution is 0.708. The van der Waals surface area contributed by atoms with Crippen LogP contribution in [0.1, 0.15) is 255 Å². The summed E-state index contributed by atoms with van der Waals surface area (Å²) in [6, 6.07) is 6.23. The van der Waals surface area contributed by atoms with E-state index in [1.165, 1.54) is 34.7 Å². The summed E-state index contributed by atoms with van der Waals surface area (Å²) in [6.45, 7) is 42.7. The minimum absolute atomic E-state index is 0.456. The van der Waals surface area contributed by atoms with E-state index in [1.807, 2.05) is 127 Å². The number of hydrogen-bond donors (Lipinski definition) is 6. The van der Waals surface area contributed by atoms with Gasteiger partial charge in [0.25, 0.3) is 0 Å². The van der Waals surface area contributed by atoms with Crippen molar-refractivity contribution in [2.24, 2.45) is 28.2 Å². The number of hydrogen-bond acceptors (Lipinski definition) is 10. The SMILES string of the molecule is CC(C)c1cc[nH]c1.CC(C)c1ccc[nH]1.CC(C)c1cn(C)cn1.CC(C)c1cnc[nH]1.CC(C)c1cnc[nH]1.CC(C)c1cncn1C.CC(C)c1ncc[nH]1.CC(C)c1nccn1C.CC(C)c1ncn[nH]1.CC(C)c1nncn1C. The van der Waals surface area contributed by atoms with E-state index in [1.54, 1.807) is 25.2 Å². The van der Waals surface area contributed by atoms with Gasteiger partial charge in [0.1, 0.15) is 36.0 Å². The summed E-state index contributed by atoms with van der Waals surface area (Å²) in [7, 11) is 7.97. The van der Waals surface area contributed by atoms with Gasteiger partial charge in [-0.1, -0.05) is 138 Å². The van der Waals surface area contributed by atoms with Gasteiger partial charge < -0.3 is 43.2 Å². The molecule has 20 heteroatoms. The molecular weight excluding hydrogens is 1050 g/mol. The number of aromatic amines is 6. The summed E-state index contributed by atoms with van der Waals surface area (Å²) >= 11 is 0. The third kappa shape index (κ3) is 31.0. The van der Waals surface area contributed by atoms with Crippen molar-refractivity contribution in [1.29, 1.82) is 0 Å². The molecule has 10 rings (SSSR count). The monoisotopic (exact) mass is 1160 g/mol. The zero-order valence-electron chi connectivity index (χ0n) is 55.6. The average molecular weight is 1160 g/mol. The maximum absolute atomic E-state index is 4.18. The molecule has 0 spiro atoms. The van der Waals surface area contributed by atoms with Gasteiger partial charge in [-0.15, -0.1) is 10.2 Å². The molecule has 0 saturated heterocycles. The van der Waals surface area contributed by atoms with Gasteiger partial charge in [0.2, 0.25) is 0 Å². The Hall–Kier alpha value is -7.90. The van der Waals surface area contributed by atoms with Crippen molar-refractivity contribution in [3.63, 3.8) is 0 Å². The molecule has 0 aromatic carbocycles. The first-order valence-corrected chi connectivity index (χ1v) is 29.5. The number of aryl methyl sites for hydroxylation is 4. The number of H-pyrrole nitrogens is 6. The van der Waals surface area contributed by atoms with Crippen LogP contribution in [0.3, 0.4) is 0 Å². The Labute approximate surface area is 503 Å². The van der Waals surface area contributed by atoms with Gasteiger partial charge in [-0.2, -0.15) is 5.10 Å². The Balaban J connectivity index is 0.000000467. The normalized spacial score (nSPS) is 10.5. The summed E-state index contributed by atoms with van der Waals surface area (Å²) in [6.07, 6.45) is 31.3. The van der Waals surface area contributed by atoms with E-state index in [-0.39, 0.29) is 0 Å². The molecule has 0 aliphatic heterocycles. The molecule has 10 aromatic rings. The van der Waals surface area contributed by atoms with Gasteiger partial charge in [0.15, 0.2) is 0 Å². The quantitative estimate of drug-likeness (QED) is 0.0756. The number of aromatic nitrogens is 20. The van der Waals surface area contributed by atoms with Crippen molar-refractivity contribution < 1.29 is 0 Å². The van der Waals surface area contributed by atoms with Crippen LogP contribution >= 0.6 is 0 Å². The summed E-state index contributed by atoms with van der Waals surface area (Å²) < 4.78 is 8.00. The topological polar surface area (TPSA) is 243 Å². The fourth-order valence-corrected chi connectivity index (χ4v) is 7.05. The standard InChI is InChI=1S/3C7H12N2.2C7H11N.C6H11N3.3C6H10N2.C5H9N3/c1-6(2)7-4-9(3)5-8-7;1-6(2)7-4-8-5-9(7)3;1-6(2)7-8-4-5-9(7)3;1-6(2)7-3-4-8-5-7;1-6(2)7-4-3-5-8-7;1-5(2)6-8-7-4-9(6)3;2*1-5(2)6-3-7-4-8-6;1-5(2)6-7-3-4-8-6;1-4(2)5-6-3-7-8-5/h3*4-6H,1-3H3;2*3-6,8H,1-2H3;4-5H,1-3H3;3*3-5H,1-2H3,(H,7,8);3-4H,1-2H3,(H,6,7,8). The molecule has 0 saturated carbocycles. The van der Waals surface area contributed by atoms with E-state index >= 15 is 0 Å². The van der Waals surface area contributed by atoms with E-state index in [0.717, 1.165) is 29.0 Å². The van der Waals surface area contributed by atoms with Gasteiger partial charge >= 0.3 is 0 Å². The summed E-state index contributed by atoms with van der Waals surface area (Å²) in [5, 5.41) is 14.2. The van der Waals surface area contributed by atoms with Crippen molar-refractivity contribution in [3.8, 4) is 0 Å². The van der Waals surface area contributed by atoms with Crippen molar-refractivity contribution in [2.45, 2.75) is 198 Å². The number of rotatable bonds is 10. The molecular formula is C64H108N20. The van der Waals surface area contributed by atoms with Crippen LogP contribution in [0, 0.1) is 0 Å². The third-order valence-corrected chi connectivity index (χ3v) is 12.3. The van der Waals surface area contributed by atoms with Gasteiger partial charge in [-0.05, 0) is 59.3 Å². The van der Waals surface area contributed by atoms with Crippen LogP contribution in [-0.4, -0.2) is 98.5 Å². The molecule has 6 N–H and O–H groups in total. The summed E-state index contributed by atoms with van der Waals surface area (Å²) in [5.74, 6) is 9.72. The third-order valence-electron chi connectivity index (χ3n) is 12.3. The predicted octanol–water partition coefficient (Wildman–Crippen LogP) is 15.4. The van der Waals surface area contributed by atoms with Crippen LogP contribution < -0.4 is 0 Å². The first-order valence-electron chi connectivity index (χ1n) is 29.5. The Morgan fingerprint density at radius 3 is 1.26 bits per heavy atom. The molecule has 0 atom stereocenters. The minimum Gasteiger partial charge on any atom is -0.367 e. The highest BCUT2D eigenvalue weighted by molar-refractivity contribution is 5.12. The zero-order chi connectivity index (χ0) is 63.3. The Kier molecular flexibility index (Phi) is 36.3. The number of nitrogens with zero attached hydrogens (tertiary/aromatic N) is 14. The van der Waals surface area contributed by atoms with Crippen molar-refractivity contribution in [1.82, 2.24) is 98.5 Å². The largest absolute Gasteiger partial charge is 0.367 e. The van der Waals surface area contributed by atoms with E-state index in [0.29, 0.717) is 59.2 Å². The van der Waals surface area contributed by atoms with Gasteiger partial charge in [-0.3, -0.25) is 5.10 Å². The van der Waals surface area contributed by atoms with E-state index < -0.39 is 0 Å². The highest BCUT2D eigenvalue weighted by Crippen LogP contribution is 2.14. The van der Waals surface area contributed by atoms with Crippen molar-refractivity contribution >= 4 is 0 Å². The highest BCUT2D eigenvalue weighted by atomic mass is 15.2. The van der Waals surface area contributed by atoms with Gasteiger partial charge in [0, 0.05) is 143 Å². The van der Waals surface area contributed by atoms with Crippen molar-refractivity contribution in [3.05, 3.63) is 182 Å². The number of imidazole rings is 6. The second kappa shape index (κ2) is 41.2. The molecule has 0 aliphatic rings. The van der Waals surface area contributed by atoms with Crippen LogP contribution in [0.25, 0.3) is 0 Å². The lowest BCUT2D eigenvalue weighted by atomic mass is 10.1. The Bertz CT molecular complexity index is 2550. The molecule has 20 nitrogen and oxygen atoms in total. The average Bonchev–Trinajstić information content (AvgIpc) is 4.30. The lowest BCUT2D eigenvalue weighted by Crippen LogP contribution is -1.98. The smallest absolute Gasteiger partial charge is 0.137 e. The van der Waals surface area contributed by atoms with Crippen LogP contribution in [0.2, 0.25) is 0 Å². The molecule has 0 amide bonds. The maximum Gasteiger partial charge on any atom is 0.137 e. The van der Waals surface area contributed by atoms with Crippen molar-refractivity contribution in [2.75, 3.05) is 0 Å². The fraction of sp³-hybridized carbons (Fsp3) is 0.531. The molecule has 0 unspecified atom stereocenters. The van der Waals surface area contributed by atoms with Gasteiger partial charge in [0.05, 0.1) is 31.0 Å². The molecule has 10 heterocycles.